The van der Waals surface area contributed by atoms with E-state index in [9.17, 15) is 9.59 Å². The molecule has 0 amide bonds. The van der Waals surface area contributed by atoms with Crippen molar-refractivity contribution < 1.29 is 9.90 Å². The molecule has 0 aliphatic rings. The van der Waals surface area contributed by atoms with Crippen molar-refractivity contribution in [3.05, 3.63) is 50.6 Å². The van der Waals surface area contributed by atoms with Crippen LogP contribution in [0.3, 0.4) is 0 Å². The second kappa shape index (κ2) is 4.11. The highest BCUT2D eigenvalue weighted by atomic mass is 35.5. The van der Waals surface area contributed by atoms with Crippen LogP contribution in [0.5, 0.6) is 0 Å². The van der Waals surface area contributed by atoms with Crippen LogP contribution in [0.2, 0.25) is 4.34 Å². The molecule has 0 fully saturated rings. The lowest BCUT2D eigenvalue weighted by Crippen LogP contribution is -2.09. The molecule has 6 heteroatoms. The average molecular weight is 256 g/mol. The zero-order valence-electron chi connectivity index (χ0n) is 7.88. The van der Waals surface area contributed by atoms with E-state index in [1.165, 1.54) is 22.2 Å². The molecule has 1 aromatic carbocycles. The highest BCUT2D eigenvalue weighted by Crippen LogP contribution is 2.17. The summed E-state index contributed by atoms with van der Waals surface area (Å²) in [6.07, 6.45) is 0. The summed E-state index contributed by atoms with van der Waals surface area (Å²) in [4.78, 5) is 22.1. The summed E-state index contributed by atoms with van der Waals surface area (Å²) in [5, 5.41) is 8.72. The van der Waals surface area contributed by atoms with E-state index in [0.717, 1.165) is 11.5 Å². The fourth-order valence-electron chi connectivity index (χ4n) is 1.23. The largest absolute Gasteiger partial charge is 0.478 e. The number of carboxylic acids is 1. The Morgan fingerprint density at radius 2 is 1.94 bits per heavy atom. The van der Waals surface area contributed by atoms with E-state index < -0.39 is 5.97 Å². The topological polar surface area (TPSA) is 59.3 Å². The molecule has 82 valence electrons. The van der Waals surface area contributed by atoms with E-state index in [2.05, 4.69) is 0 Å². The predicted octanol–water partition coefficient (Wildman–Crippen LogP) is 2.25. The number of halogens is 1. The summed E-state index contributed by atoms with van der Waals surface area (Å²) in [5.41, 5.74) is 0.560. The van der Waals surface area contributed by atoms with Crippen molar-refractivity contribution in [1.29, 1.82) is 0 Å². The molecule has 16 heavy (non-hydrogen) atoms. The lowest BCUT2D eigenvalue weighted by Gasteiger charge is -2.00. The number of hydrogen-bond acceptors (Lipinski definition) is 3. The van der Waals surface area contributed by atoms with Crippen molar-refractivity contribution in [2.24, 2.45) is 0 Å². The smallest absolute Gasteiger partial charge is 0.335 e. The molecule has 0 aliphatic heterocycles. The van der Waals surface area contributed by atoms with Crippen LogP contribution in [0, 0.1) is 0 Å². The van der Waals surface area contributed by atoms with Crippen LogP contribution in [-0.2, 0) is 0 Å². The fourth-order valence-corrected chi connectivity index (χ4v) is 2.23. The summed E-state index contributed by atoms with van der Waals surface area (Å²) in [5.74, 6) is -0.997. The molecule has 4 nitrogen and oxygen atoms in total. The summed E-state index contributed by atoms with van der Waals surface area (Å²) < 4.78 is 1.79. The third-order valence-corrected chi connectivity index (χ3v) is 3.15. The SMILES string of the molecule is O=C(O)c1ccc(-n2sc(Cl)cc2=O)cc1. The Balaban J connectivity index is 2.46. The fraction of sp³-hybridized carbons (Fsp3) is 0. The van der Waals surface area contributed by atoms with Crippen molar-refractivity contribution in [3.63, 3.8) is 0 Å². The van der Waals surface area contributed by atoms with Gasteiger partial charge in [0.25, 0.3) is 5.56 Å². The average Bonchev–Trinajstić information content (AvgIpc) is 2.58. The summed E-state index contributed by atoms with van der Waals surface area (Å²) in [6.45, 7) is 0. The van der Waals surface area contributed by atoms with Gasteiger partial charge in [0, 0.05) is 6.07 Å². The molecule has 0 unspecified atom stereocenters. The summed E-state index contributed by atoms with van der Waals surface area (Å²) in [7, 11) is 0. The molecule has 1 heterocycles. The van der Waals surface area contributed by atoms with Crippen LogP contribution in [0.4, 0.5) is 0 Å². The molecule has 1 aromatic heterocycles. The highest BCUT2D eigenvalue weighted by Gasteiger charge is 2.06. The molecule has 0 bridgehead atoms. The predicted molar refractivity (Wildman–Crippen MR) is 61.9 cm³/mol. The number of aromatic carboxylic acids is 1. The zero-order chi connectivity index (χ0) is 11.7. The second-order valence-electron chi connectivity index (χ2n) is 3.02. The highest BCUT2D eigenvalue weighted by molar-refractivity contribution is 7.11. The van der Waals surface area contributed by atoms with Gasteiger partial charge in [0.2, 0.25) is 0 Å². The Kier molecular flexibility index (Phi) is 2.80. The first-order valence-electron chi connectivity index (χ1n) is 4.30. The Labute approximate surface area is 99.5 Å². The number of benzene rings is 1. The molecule has 0 radical (unpaired) electrons. The quantitative estimate of drug-likeness (QED) is 0.895. The number of carboxylic acid groups (broad SMARTS) is 1. The number of carbonyl (C=O) groups is 1. The van der Waals surface area contributed by atoms with E-state index in [4.69, 9.17) is 16.7 Å². The van der Waals surface area contributed by atoms with Crippen molar-refractivity contribution in [3.8, 4) is 5.69 Å². The lowest BCUT2D eigenvalue weighted by atomic mass is 10.2. The minimum absolute atomic E-state index is 0.180. The molecule has 1 N–H and O–H groups in total. The monoisotopic (exact) mass is 255 g/mol. The molecular formula is C10H6ClNO3S. The van der Waals surface area contributed by atoms with Crippen LogP contribution in [-0.4, -0.2) is 15.0 Å². The maximum absolute atomic E-state index is 11.4. The van der Waals surface area contributed by atoms with Gasteiger partial charge in [-0.2, -0.15) is 0 Å². The van der Waals surface area contributed by atoms with Crippen LogP contribution >= 0.6 is 23.1 Å². The Hall–Kier alpha value is -1.59. The second-order valence-corrected chi connectivity index (χ2v) is 4.64. The van der Waals surface area contributed by atoms with Gasteiger partial charge in [-0.25, -0.2) is 8.75 Å². The molecule has 2 aromatic rings. The first-order valence-corrected chi connectivity index (χ1v) is 5.45. The Morgan fingerprint density at radius 3 is 2.38 bits per heavy atom. The van der Waals surface area contributed by atoms with Gasteiger partial charge in [-0.1, -0.05) is 11.6 Å². The minimum atomic E-state index is -0.997. The van der Waals surface area contributed by atoms with E-state index >= 15 is 0 Å². The number of aromatic nitrogens is 1. The summed E-state index contributed by atoms with van der Waals surface area (Å²) in [6, 6.07) is 7.34. The maximum Gasteiger partial charge on any atom is 0.335 e. The van der Waals surface area contributed by atoms with Crippen molar-refractivity contribution >= 4 is 29.1 Å². The van der Waals surface area contributed by atoms with Crippen molar-refractivity contribution in [2.75, 3.05) is 0 Å². The third kappa shape index (κ3) is 2.00. The van der Waals surface area contributed by atoms with Crippen molar-refractivity contribution in [1.82, 2.24) is 3.96 Å². The van der Waals surface area contributed by atoms with Crippen LogP contribution < -0.4 is 5.56 Å². The molecule has 0 atom stereocenters. The lowest BCUT2D eigenvalue weighted by molar-refractivity contribution is 0.0697. The van der Waals surface area contributed by atoms with E-state index in [-0.39, 0.29) is 11.1 Å². The van der Waals surface area contributed by atoms with E-state index in [0.29, 0.717) is 10.0 Å². The molecule has 0 spiro atoms. The van der Waals surface area contributed by atoms with Crippen molar-refractivity contribution in [2.45, 2.75) is 0 Å². The molecule has 2 rings (SSSR count). The van der Waals surface area contributed by atoms with Crippen LogP contribution in [0.1, 0.15) is 10.4 Å². The first kappa shape index (κ1) is 10.9. The molecule has 0 saturated carbocycles. The number of rotatable bonds is 2. The van der Waals surface area contributed by atoms with Gasteiger partial charge in [0.05, 0.1) is 11.3 Å². The molecule has 0 saturated heterocycles. The summed E-state index contributed by atoms with van der Waals surface area (Å²) >= 11 is 6.80. The number of hydrogen-bond donors (Lipinski definition) is 1. The molecular weight excluding hydrogens is 250 g/mol. The number of nitrogens with zero attached hydrogens (tertiary/aromatic N) is 1. The van der Waals surface area contributed by atoms with E-state index in [1.807, 2.05) is 0 Å². The van der Waals surface area contributed by atoms with Gasteiger partial charge >= 0.3 is 5.97 Å². The van der Waals surface area contributed by atoms with E-state index in [1.54, 1.807) is 12.1 Å². The Morgan fingerprint density at radius 1 is 1.31 bits per heavy atom. The van der Waals surface area contributed by atoms with Gasteiger partial charge < -0.3 is 5.11 Å². The van der Waals surface area contributed by atoms with Crippen LogP contribution in [0.25, 0.3) is 5.69 Å². The first-order chi connectivity index (χ1) is 7.58. The zero-order valence-corrected chi connectivity index (χ0v) is 9.46. The standard InChI is InChI=1S/C10H6ClNO3S/c11-8-5-9(13)12(16-8)7-3-1-6(2-4-7)10(14)15/h1-5H,(H,14,15). The van der Waals surface area contributed by atoms with Gasteiger partial charge in [0.1, 0.15) is 4.34 Å². The van der Waals surface area contributed by atoms with Gasteiger partial charge in [0.15, 0.2) is 0 Å². The third-order valence-electron chi connectivity index (χ3n) is 1.96. The van der Waals surface area contributed by atoms with Gasteiger partial charge in [-0.15, -0.1) is 0 Å². The Bertz CT molecular complexity index is 585. The minimum Gasteiger partial charge on any atom is -0.478 e. The van der Waals surface area contributed by atoms with Crippen LogP contribution in [0.15, 0.2) is 35.1 Å². The maximum atomic E-state index is 11.4. The normalized spacial score (nSPS) is 10.3. The van der Waals surface area contributed by atoms with Gasteiger partial charge in [-0.05, 0) is 35.8 Å². The van der Waals surface area contributed by atoms with Gasteiger partial charge in [-0.3, -0.25) is 4.79 Å². The molecule has 0 aliphatic carbocycles.